The first-order valence-corrected chi connectivity index (χ1v) is 8.88. The van der Waals surface area contributed by atoms with E-state index in [0.717, 1.165) is 22.7 Å². The molecule has 0 spiro atoms. The number of hydrogen-bond acceptors (Lipinski definition) is 3. The summed E-state index contributed by atoms with van der Waals surface area (Å²) in [5, 5.41) is 0.817. The van der Waals surface area contributed by atoms with Gasteiger partial charge in [0.15, 0.2) is 0 Å². The van der Waals surface area contributed by atoms with Crippen molar-refractivity contribution in [1.29, 1.82) is 0 Å². The highest BCUT2D eigenvalue weighted by atomic mass is 79.9. The number of nitrogens with two attached hydrogens (primary N) is 1. The Bertz CT molecular complexity index is 382. The van der Waals surface area contributed by atoms with Gasteiger partial charge in [-0.25, -0.2) is 0 Å². The first-order valence-electron chi connectivity index (χ1n) is 7.04. The number of rotatable bonds is 5. The van der Waals surface area contributed by atoms with E-state index in [-0.39, 0.29) is 6.04 Å². The first kappa shape index (κ1) is 15.4. The highest BCUT2D eigenvalue weighted by Gasteiger charge is 2.19. The number of benzene rings is 1. The number of thioether (sulfide) groups is 1. The van der Waals surface area contributed by atoms with Crippen LogP contribution in [0.4, 0.5) is 0 Å². The second kappa shape index (κ2) is 7.67. The molecule has 0 radical (unpaired) electrons. The van der Waals surface area contributed by atoms with Crippen molar-refractivity contribution in [2.24, 2.45) is 5.73 Å². The van der Waals surface area contributed by atoms with E-state index in [1.165, 1.54) is 30.8 Å². The van der Waals surface area contributed by atoms with E-state index in [1.54, 1.807) is 0 Å². The molecule has 2 nitrogen and oxygen atoms in total. The van der Waals surface area contributed by atoms with Crippen molar-refractivity contribution in [1.82, 2.24) is 4.90 Å². The molecule has 0 aliphatic carbocycles. The van der Waals surface area contributed by atoms with Gasteiger partial charge in [-0.1, -0.05) is 35.0 Å². The summed E-state index contributed by atoms with van der Waals surface area (Å²) in [4.78, 5) is 2.57. The minimum Gasteiger partial charge on any atom is -0.324 e. The van der Waals surface area contributed by atoms with Crippen LogP contribution in [0.15, 0.2) is 28.7 Å². The normalized spacial score (nSPS) is 22.4. The van der Waals surface area contributed by atoms with Gasteiger partial charge in [-0.05, 0) is 30.5 Å². The van der Waals surface area contributed by atoms with E-state index in [0.29, 0.717) is 0 Å². The Kier molecular flexibility index (Phi) is 6.20. The molecular weight excluding hydrogens is 320 g/mol. The second-order valence-corrected chi connectivity index (χ2v) is 7.47. The SMILES string of the molecule is CCC1CN(CCC(N)c2ccc(Br)cc2)CCS1. The first-order chi connectivity index (χ1) is 9.19. The van der Waals surface area contributed by atoms with Crippen LogP contribution in [0.1, 0.15) is 31.4 Å². The summed E-state index contributed by atoms with van der Waals surface area (Å²) in [6, 6.07) is 8.54. The predicted octanol–water partition coefficient (Wildman–Crippen LogP) is 3.67. The predicted molar refractivity (Wildman–Crippen MR) is 88.7 cm³/mol. The minimum absolute atomic E-state index is 0.155. The summed E-state index contributed by atoms with van der Waals surface area (Å²) < 4.78 is 1.11. The van der Waals surface area contributed by atoms with Crippen LogP contribution in [0.2, 0.25) is 0 Å². The van der Waals surface area contributed by atoms with E-state index in [1.807, 2.05) is 0 Å². The zero-order valence-electron chi connectivity index (χ0n) is 11.5. The Morgan fingerprint density at radius 3 is 2.84 bits per heavy atom. The Labute approximate surface area is 129 Å². The molecule has 4 heteroatoms. The smallest absolute Gasteiger partial charge is 0.0307 e. The Balaban J connectivity index is 1.79. The third kappa shape index (κ3) is 4.78. The lowest BCUT2D eigenvalue weighted by molar-refractivity contribution is 0.270. The molecule has 0 amide bonds. The maximum atomic E-state index is 6.28. The number of halogens is 1. The van der Waals surface area contributed by atoms with Gasteiger partial charge in [-0.3, -0.25) is 0 Å². The maximum absolute atomic E-state index is 6.28. The monoisotopic (exact) mass is 342 g/mol. The van der Waals surface area contributed by atoms with Crippen molar-refractivity contribution >= 4 is 27.7 Å². The molecule has 19 heavy (non-hydrogen) atoms. The van der Waals surface area contributed by atoms with E-state index in [9.17, 15) is 0 Å². The zero-order valence-corrected chi connectivity index (χ0v) is 13.9. The van der Waals surface area contributed by atoms with Crippen molar-refractivity contribution in [2.45, 2.75) is 31.1 Å². The molecule has 2 N–H and O–H groups in total. The van der Waals surface area contributed by atoms with E-state index >= 15 is 0 Å². The van der Waals surface area contributed by atoms with Gasteiger partial charge in [0.1, 0.15) is 0 Å². The quantitative estimate of drug-likeness (QED) is 0.885. The third-order valence-electron chi connectivity index (χ3n) is 3.73. The van der Waals surface area contributed by atoms with Crippen LogP contribution in [-0.4, -0.2) is 35.5 Å². The maximum Gasteiger partial charge on any atom is 0.0307 e. The van der Waals surface area contributed by atoms with Gasteiger partial charge in [0.2, 0.25) is 0 Å². The van der Waals surface area contributed by atoms with Gasteiger partial charge in [0.25, 0.3) is 0 Å². The average molecular weight is 343 g/mol. The summed E-state index contributed by atoms with van der Waals surface area (Å²) in [6.45, 7) is 5.85. The molecule has 1 fully saturated rings. The molecule has 106 valence electrons. The van der Waals surface area contributed by atoms with Crippen LogP contribution < -0.4 is 5.73 Å². The molecular formula is C15H23BrN2S. The largest absolute Gasteiger partial charge is 0.324 e. The molecule has 0 aromatic heterocycles. The van der Waals surface area contributed by atoms with Crippen molar-refractivity contribution in [3.63, 3.8) is 0 Å². The molecule has 0 saturated carbocycles. The fourth-order valence-corrected chi connectivity index (χ4v) is 3.94. The molecule has 1 aliphatic heterocycles. The summed E-state index contributed by atoms with van der Waals surface area (Å²) >= 11 is 5.58. The molecule has 1 aromatic carbocycles. The highest BCUT2D eigenvalue weighted by Crippen LogP contribution is 2.23. The second-order valence-electron chi connectivity index (χ2n) is 5.15. The third-order valence-corrected chi connectivity index (χ3v) is 5.63. The van der Waals surface area contributed by atoms with E-state index < -0.39 is 0 Å². The Morgan fingerprint density at radius 2 is 2.16 bits per heavy atom. The van der Waals surface area contributed by atoms with Crippen LogP contribution >= 0.6 is 27.7 Å². The van der Waals surface area contributed by atoms with Gasteiger partial charge < -0.3 is 10.6 Å². The van der Waals surface area contributed by atoms with Crippen LogP contribution in [0.25, 0.3) is 0 Å². The number of nitrogens with zero attached hydrogens (tertiary/aromatic N) is 1. The van der Waals surface area contributed by atoms with Crippen LogP contribution in [0, 0.1) is 0 Å². The summed E-state index contributed by atoms with van der Waals surface area (Å²) in [5.41, 5.74) is 7.52. The van der Waals surface area contributed by atoms with Gasteiger partial charge in [-0.15, -0.1) is 0 Å². The zero-order chi connectivity index (χ0) is 13.7. The van der Waals surface area contributed by atoms with Crippen molar-refractivity contribution in [2.75, 3.05) is 25.4 Å². The summed E-state index contributed by atoms with van der Waals surface area (Å²) in [7, 11) is 0. The van der Waals surface area contributed by atoms with Crippen LogP contribution in [-0.2, 0) is 0 Å². The average Bonchev–Trinajstić information content (AvgIpc) is 2.46. The Hall–Kier alpha value is -0.0300. The fourth-order valence-electron chi connectivity index (χ4n) is 2.43. The molecule has 1 heterocycles. The minimum atomic E-state index is 0.155. The Morgan fingerprint density at radius 1 is 1.42 bits per heavy atom. The lowest BCUT2D eigenvalue weighted by atomic mass is 10.0. The van der Waals surface area contributed by atoms with Gasteiger partial charge in [0.05, 0.1) is 0 Å². The van der Waals surface area contributed by atoms with Crippen molar-refractivity contribution in [3.05, 3.63) is 34.3 Å². The summed E-state index contributed by atoms with van der Waals surface area (Å²) in [5.74, 6) is 1.27. The van der Waals surface area contributed by atoms with Crippen LogP contribution in [0.3, 0.4) is 0 Å². The summed E-state index contributed by atoms with van der Waals surface area (Å²) in [6.07, 6.45) is 2.32. The number of hydrogen-bond donors (Lipinski definition) is 1. The van der Waals surface area contributed by atoms with Gasteiger partial charge in [0, 0.05) is 41.2 Å². The van der Waals surface area contributed by atoms with Gasteiger partial charge >= 0.3 is 0 Å². The standard InChI is InChI=1S/C15H23BrN2S/c1-2-14-11-18(9-10-19-14)8-7-15(17)12-3-5-13(16)6-4-12/h3-6,14-15H,2,7-11,17H2,1H3. The van der Waals surface area contributed by atoms with Crippen LogP contribution in [0.5, 0.6) is 0 Å². The molecule has 2 unspecified atom stereocenters. The molecule has 1 saturated heterocycles. The lowest BCUT2D eigenvalue weighted by Crippen LogP contribution is -2.39. The molecule has 2 atom stereocenters. The van der Waals surface area contributed by atoms with Crippen molar-refractivity contribution < 1.29 is 0 Å². The van der Waals surface area contributed by atoms with Gasteiger partial charge in [-0.2, -0.15) is 11.8 Å². The molecule has 0 bridgehead atoms. The topological polar surface area (TPSA) is 29.3 Å². The van der Waals surface area contributed by atoms with Crippen molar-refractivity contribution in [3.8, 4) is 0 Å². The van der Waals surface area contributed by atoms with E-state index in [4.69, 9.17) is 5.73 Å². The molecule has 1 aromatic rings. The van der Waals surface area contributed by atoms with E-state index in [2.05, 4.69) is 63.8 Å². The molecule has 2 rings (SSSR count). The fraction of sp³-hybridized carbons (Fsp3) is 0.600. The lowest BCUT2D eigenvalue weighted by Gasteiger charge is -2.32. The highest BCUT2D eigenvalue weighted by molar-refractivity contribution is 9.10. The molecule has 1 aliphatic rings.